The van der Waals surface area contributed by atoms with Crippen molar-refractivity contribution in [2.45, 2.75) is 77.7 Å². The lowest BCUT2D eigenvalue weighted by molar-refractivity contribution is -0.142. The Hall–Kier alpha value is -1.85. The normalized spacial score (nSPS) is 12.7. The number of unbranched alkanes of at least 4 members (excludes halogenated alkanes) is 6. The number of rotatable bonds is 13. The van der Waals surface area contributed by atoms with Crippen LogP contribution in [0.5, 0.6) is 0 Å². The van der Waals surface area contributed by atoms with Crippen LogP contribution in [0.4, 0.5) is 0 Å². The first-order chi connectivity index (χ1) is 10.9. The number of carboxylic acids is 2. The van der Waals surface area contributed by atoms with Crippen LogP contribution in [0.25, 0.3) is 0 Å². The molecule has 6 nitrogen and oxygen atoms in total. The Morgan fingerprint density at radius 1 is 1.04 bits per heavy atom. The maximum Gasteiger partial charge on any atom is 0.326 e. The van der Waals surface area contributed by atoms with Gasteiger partial charge in [-0.2, -0.15) is 0 Å². The molecule has 0 rings (SSSR count). The third-order valence-corrected chi connectivity index (χ3v) is 3.62. The van der Waals surface area contributed by atoms with Gasteiger partial charge in [0.05, 0.1) is 0 Å². The molecule has 0 radical (unpaired) electrons. The summed E-state index contributed by atoms with van der Waals surface area (Å²) in [6, 6.07) is -1.17. The van der Waals surface area contributed by atoms with Gasteiger partial charge in [0.2, 0.25) is 5.91 Å². The zero-order valence-corrected chi connectivity index (χ0v) is 14.1. The van der Waals surface area contributed by atoms with Crippen molar-refractivity contribution in [3.05, 3.63) is 11.6 Å². The van der Waals surface area contributed by atoms with Crippen LogP contribution >= 0.6 is 0 Å². The van der Waals surface area contributed by atoms with Gasteiger partial charge in [0, 0.05) is 12.0 Å². The second-order valence-electron chi connectivity index (χ2n) is 5.74. The van der Waals surface area contributed by atoms with Gasteiger partial charge in [-0.25, -0.2) is 4.79 Å². The molecule has 0 aromatic carbocycles. The van der Waals surface area contributed by atoms with Crippen molar-refractivity contribution in [2.75, 3.05) is 0 Å². The van der Waals surface area contributed by atoms with Crippen LogP contribution in [0, 0.1) is 0 Å². The van der Waals surface area contributed by atoms with E-state index in [4.69, 9.17) is 10.2 Å². The molecule has 0 aliphatic rings. The third kappa shape index (κ3) is 11.4. The van der Waals surface area contributed by atoms with Crippen molar-refractivity contribution in [3.63, 3.8) is 0 Å². The van der Waals surface area contributed by atoms with Crippen LogP contribution in [-0.2, 0) is 14.4 Å². The number of amides is 1. The largest absolute Gasteiger partial charge is 0.481 e. The van der Waals surface area contributed by atoms with Gasteiger partial charge < -0.3 is 15.5 Å². The number of aliphatic carboxylic acids is 2. The molecule has 1 amide bonds. The summed E-state index contributed by atoms with van der Waals surface area (Å²) >= 11 is 0. The maximum atomic E-state index is 11.9. The number of hydrogen-bond donors (Lipinski definition) is 3. The number of hydrogen-bond acceptors (Lipinski definition) is 3. The summed E-state index contributed by atoms with van der Waals surface area (Å²) in [6.07, 6.45) is 9.22. The number of carbonyl (C=O) groups is 3. The van der Waals surface area contributed by atoms with Gasteiger partial charge in [0.1, 0.15) is 6.04 Å². The Balaban J connectivity index is 4.16. The fourth-order valence-electron chi connectivity index (χ4n) is 2.13. The zero-order chi connectivity index (χ0) is 17.7. The maximum absolute atomic E-state index is 11.9. The van der Waals surface area contributed by atoms with E-state index < -0.39 is 23.9 Å². The average Bonchev–Trinajstić information content (AvgIpc) is 2.49. The summed E-state index contributed by atoms with van der Waals surface area (Å²) < 4.78 is 0. The van der Waals surface area contributed by atoms with Crippen LogP contribution in [-0.4, -0.2) is 34.1 Å². The highest BCUT2D eigenvalue weighted by molar-refractivity contribution is 5.95. The topological polar surface area (TPSA) is 104 Å². The molecule has 0 bridgehead atoms. The fourth-order valence-corrected chi connectivity index (χ4v) is 2.13. The molecule has 0 spiro atoms. The Morgan fingerprint density at radius 3 is 2.22 bits per heavy atom. The SMILES string of the molecule is CCCCCCCC/C=C(\C)C(=O)NC(CCC(=O)O)C(=O)O. The molecule has 0 aliphatic heterocycles. The highest BCUT2D eigenvalue weighted by atomic mass is 16.4. The van der Waals surface area contributed by atoms with E-state index in [1.165, 1.54) is 25.7 Å². The second-order valence-corrected chi connectivity index (χ2v) is 5.74. The number of nitrogens with one attached hydrogen (secondary N) is 1. The molecule has 1 unspecified atom stereocenters. The summed E-state index contributed by atoms with van der Waals surface area (Å²) in [5.41, 5.74) is 0.472. The van der Waals surface area contributed by atoms with E-state index >= 15 is 0 Å². The summed E-state index contributed by atoms with van der Waals surface area (Å²) in [5.74, 6) is -2.75. The zero-order valence-electron chi connectivity index (χ0n) is 14.1. The Morgan fingerprint density at radius 2 is 1.65 bits per heavy atom. The van der Waals surface area contributed by atoms with Crippen LogP contribution in [0.1, 0.15) is 71.6 Å². The predicted molar refractivity (Wildman–Crippen MR) is 88.2 cm³/mol. The molecular weight excluding hydrogens is 298 g/mol. The first kappa shape index (κ1) is 21.1. The molecule has 0 fully saturated rings. The average molecular weight is 327 g/mol. The second kappa shape index (κ2) is 12.7. The van der Waals surface area contributed by atoms with Crippen molar-refractivity contribution in [1.29, 1.82) is 0 Å². The molecule has 0 heterocycles. The molecule has 1 atom stereocenters. The van der Waals surface area contributed by atoms with Gasteiger partial charge in [-0.15, -0.1) is 0 Å². The first-order valence-corrected chi connectivity index (χ1v) is 8.30. The summed E-state index contributed by atoms with van der Waals surface area (Å²) in [6.45, 7) is 3.81. The summed E-state index contributed by atoms with van der Waals surface area (Å²) in [7, 11) is 0. The lowest BCUT2D eigenvalue weighted by Crippen LogP contribution is -2.41. The van der Waals surface area contributed by atoms with Gasteiger partial charge in [0.15, 0.2) is 0 Å². The standard InChI is InChI=1S/C17H29NO5/c1-3-4-5-6-7-8-9-10-13(2)16(21)18-14(17(22)23)11-12-15(19)20/h10,14H,3-9,11-12H2,1-2H3,(H,18,21)(H,19,20)(H,22,23)/b13-10+. The molecule has 6 heteroatoms. The van der Waals surface area contributed by atoms with Crippen LogP contribution < -0.4 is 5.32 Å². The van der Waals surface area contributed by atoms with Gasteiger partial charge >= 0.3 is 11.9 Å². The van der Waals surface area contributed by atoms with Crippen molar-refractivity contribution in [3.8, 4) is 0 Å². The number of carbonyl (C=O) groups excluding carboxylic acids is 1. The lowest BCUT2D eigenvalue weighted by atomic mass is 10.1. The highest BCUT2D eigenvalue weighted by Crippen LogP contribution is 2.09. The Labute approximate surface area is 138 Å². The lowest BCUT2D eigenvalue weighted by Gasteiger charge is -2.13. The summed E-state index contributed by atoms with van der Waals surface area (Å²) in [4.78, 5) is 33.4. The van der Waals surface area contributed by atoms with E-state index in [0.29, 0.717) is 5.57 Å². The minimum Gasteiger partial charge on any atom is -0.481 e. The predicted octanol–water partition coefficient (Wildman–Crippen LogP) is 3.12. The van der Waals surface area contributed by atoms with Gasteiger partial charge in [-0.05, 0) is 26.2 Å². The highest BCUT2D eigenvalue weighted by Gasteiger charge is 2.21. The van der Waals surface area contributed by atoms with Crippen LogP contribution in [0.2, 0.25) is 0 Å². The monoisotopic (exact) mass is 327 g/mol. The molecule has 0 aromatic rings. The van der Waals surface area contributed by atoms with Crippen LogP contribution in [0.3, 0.4) is 0 Å². The van der Waals surface area contributed by atoms with E-state index in [1.54, 1.807) is 6.92 Å². The molecule has 0 aliphatic carbocycles. The minimum absolute atomic E-state index is 0.124. The van der Waals surface area contributed by atoms with Crippen molar-refractivity contribution < 1.29 is 24.6 Å². The number of allylic oxidation sites excluding steroid dienone is 1. The van der Waals surface area contributed by atoms with E-state index in [2.05, 4.69) is 12.2 Å². The Kier molecular flexibility index (Phi) is 11.7. The van der Waals surface area contributed by atoms with Crippen molar-refractivity contribution >= 4 is 17.8 Å². The van der Waals surface area contributed by atoms with E-state index in [1.807, 2.05) is 6.08 Å². The molecule has 23 heavy (non-hydrogen) atoms. The van der Waals surface area contributed by atoms with Crippen molar-refractivity contribution in [2.24, 2.45) is 0 Å². The smallest absolute Gasteiger partial charge is 0.326 e. The quantitative estimate of drug-likeness (QED) is 0.356. The minimum atomic E-state index is -1.22. The van der Waals surface area contributed by atoms with E-state index in [9.17, 15) is 14.4 Å². The number of carboxylic acid groups (broad SMARTS) is 2. The van der Waals surface area contributed by atoms with Gasteiger partial charge in [-0.3, -0.25) is 9.59 Å². The van der Waals surface area contributed by atoms with E-state index in [0.717, 1.165) is 19.3 Å². The van der Waals surface area contributed by atoms with Gasteiger partial charge in [-0.1, -0.05) is 45.1 Å². The van der Waals surface area contributed by atoms with E-state index in [-0.39, 0.29) is 12.8 Å². The van der Waals surface area contributed by atoms with Crippen LogP contribution in [0.15, 0.2) is 11.6 Å². The first-order valence-electron chi connectivity index (χ1n) is 8.30. The third-order valence-electron chi connectivity index (χ3n) is 3.62. The van der Waals surface area contributed by atoms with Gasteiger partial charge in [0.25, 0.3) is 0 Å². The molecule has 0 saturated heterocycles. The van der Waals surface area contributed by atoms with Crippen molar-refractivity contribution in [1.82, 2.24) is 5.32 Å². The molecule has 0 aromatic heterocycles. The molecular formula is C17H29NO5. The molecule has 0 saturated carbocycles. The molecule has 132 valence electrons. The fraction of sp³-hybridized carbons (Fsp3) is 0.706. The Bertz CT molecular complexity index is 417. The molecule has 3 N–H and O–H groups in total. The summed E-state index contributed by atoms with van der Waals surface area (Å²) in [5, 5.41) is 20.0.